The lowest BCUT2D eigenvalue weighted by molar-refractivity contribution is 0.312. The lowest BCUT2D eigenvalue weighted by Crippen LogP contribution is -2.10. The standard InChI is InChI=1S/C11H21N5OS/c1-4-17-11-15-9(12-2)14-10(16-11)13-7-5-6-8-18-3/h4-8H2,1-3H3,(H2,12,13,14,15,16). The van der Waals surface area contributed by atoms with Crippen molar-refractivity contribution in [1.29, 1.82) is 0 Å². The topological polar surface area (TPSA) is 72.0 Å². The van der Waals surface area contributed by atoms with Crippen molar-refractivity contribution in [2.75, 3.05) is 42.8 Å². The molecule has 0 unspecified atom stereocenters. The van der Waals surface area contributed by atoms with Crippen LogP contribution in [0.2, 0.25) is 0 Å². The van der Waals surface area contributed by atoms with Gasteiger partial charge in [-0.3, -0.25) is 0 Å². The minimum Gasteiger partial charge on any atom is -0.464 e. The molecule has 0 aromatic carbocycles. The van der Waals surface area contributed by atoms with Crippen molar-refractivity contribution in [3.63, 3.8) is 0 Å². The Hall–Kier alpha value is -1.24. The largest absolute Gasteiger partial charge is 0.464 e. The van der Waals surface area contributed by atoms with Gasteiger partial charge in [-0.05, 0) is 31.8 Å². The quantitative estimate of drug-likeness (QED) is 0.664. The van der Waals surface area contributed by atoms with Gasteiger partial charge in [-0.1, -0.05) is 0 Å². The van der Waals surface area contributed by atoms with Gasteiger partial charge in [0.15, 0.2) is 0 Å². The summed E-state index contributed by atoms with van der Waals surface area (Å²) in [6.45, 7) is 3.30. The second kappa shape index (κ2) is 8.79. The number of hydrogen-bond acceptors (Lipinski definition) is 7. The average Bonchev–Trinajstić information content (AvgIpc) is 2.38. The van der Waals surface area contributed by atoms with Crippen molar-refractivity contribution in [3.05, 3.63) is 0 Å². The first-order valence-corrected chi connectivity index (χ1v) is 7.49. The number of hydrogen-bond donors (Lipinski definition) is 2. The molecule has 0 amide bonds. The zero-order valence-corrected chi connectivity index (χ0v) is 12.0. The Balaban J connectivity index is 2.50. The first-order chi connectivity index (χ1) is 8.80. The molecule has 7 heteroatoms. The predicted octanol–water partition coefficient (Wildman–Crippen LogP) is 1.87. The molecule has 0 radical (unpaired) electrons. The lowest BCUT2D eigenvalue weighted by Gasteiger charge is -2.08. The summed E-state index contributed by atoms with van der Waals surface area (Å²) in [6, 6.07) is 0.350. The third-order valence-electron chi connectivity index (χ3n) is 2.17. The molecule has 0 aliphatic carbocycles. The molecule has 0 fully saturated rings. The van der Waals surface area contributed by atoms with E-state index in [0.29, 0.717) is 24.5 Å². The van der Waals surface area contributed by atoms with E-state index in [9.17, 15) is 0 Å². The van der Waals surface area contributed by atoms with E-state index in [2.05, 4.69) is 31.8 Å². The van der Waals surface area contributed by atoms with Gasteiger partial charge in [-0.25, -0.2) is 0 Å². The monoisotopic (exact) mass is 271 g/mol. The minimum atomic E-state index is 0.350. The molecule has 0 aliphatic heterocycles. The number of ether oxygens (including phenoxy) is 1. The van der Waals surface area contributed by atoms with Gasteiger partial charge in [0.25, 0.3) is 0 Å². The number of aromatic nitrogens is 3. The molecule has 6 nitrogen and oxygen atoms in total. The molecule has 102 valence electrons. The molecule has 18 heavy (non-hydrogen) atoms. The van der Waals surface area contributed by atoms with Gasteiger partial charge in [0.05, 0.1) is 6.61 Å². The van der Waals surface area contributed by atoms with Crippen LogP contribution in [0.5, 0.6) is 6.01 Å². The molecule has 0 saturated heterocycles. The molecule has 1 aromatic rings. The van der Waals surface area contributed by atoms with E-state index in [0.717, 1.165) is 13.0 Å². The van der Waals surface area contributed by atoms with Gasteiger partial charge in [0.1, 0.15) is 0 Å². The average molecular weight is 271 g/mol. The van der Waals surface area contributed by atoms with Gasteiger partial charge >= 0.3 is 6.01 Å². The van der Waals surface area contributed by atoms with E-state index in [-0.39, 0.29) is 0 Å². The Morgan fingerprint density at radius 2 is 1.94 bits per heavy atom. The van der Waals surface area contributed by atoms with Gasteiger partial charge in [-0.2, -0.15) is 26.7 Å². The highest BCUT2D eigenvalue weighted by Crippen LogP contribution is 2.10. The van der Waals surface area contributed by atoms with Crippen LogP contribution in [0.25, 0.3) is 0 Å². The number of rotatable bonds is 9. The summed E-state index contributed by atoms with van der Waals surface area (Å²) in [5, 5.41) is 6.08. The Labute approximate surface area is 112 Å². The second-order valence-electron chi connectivity index (χ2n) is 3.57. The molecular formula is C11H21N5OS. The number of unbranched alkanes of at least 4 members (excludes halogenated alkanes) is 1. The maximum Gasteiger partial charge on any atom is 0.323 e. The van der Waals surface area contributed by atoms with Crippen LogP contribution in [0.15, 0.2) is 0 Å². The van der Waals surface area contributed by atoms with Crippen LogP contribution < -0.4 is 15.4 Å². The van der Waals surface area contributed by atoms with Crippen molar-refractivity contribution in [2.24, 2.45) is 0 Å². The maximum absolute atomic E-state index is 5.29. The summed E-state index contributed by atoms with van der Waals surface area (Å²) in [5.74, 6) is 2.26. The number of nitrogens with zero attached hydrogens (tertiary/aromatic N) is 3. The molecule has 0 atom stereocenters. The predicted molar refractivity (Wildman–Crippen MR) is 76.6 cm³/mol. The number of thioether (sulfide) groups is 1. The molecule has 0 aliphatic rings. The van der Waals surface area contributed by atoms with E-state index >= 15 is 0 Å². The zero-order valence-electron chi connectivity index (χ0n) is 11.2. The van der Waals surface area contributed by atoms with Crippen LogP contribution in [0, 0.1) is 0 Å². The summed E-state index contributed by atoms with van der Waals surface area (Å²) in [6.07, 6.45) is 4.41. The smallest absolute Gasteiger partial charge is 0.323 e. The van der Waals surface area contributed by atoms with Crippen LogP contribution in [0.4, 0.5) is 11.9 Å². The molecule has 2 N–H and O–H groups in total. The van der Waals surface area contributed by atoms with Gasteiger partial charge in [-0.15, -0.1) is 0 Å². The molecular weight excluding hydrogens is 250 g/mol. The van der Waals surface area contributed by atoms with Gasteiger partial charge in [0, 0.05) is 13.6 Å². The summed E-state index contributed by atoms with van der Waals surface area (Å²) in [4.78, 5) is 12.5. The fourth-order valence-corrected chi connectivity index (χ4v) is 1.81. The highest BCUT2D eigenvalue weighted by molar-refractivity contribution is 7.98. The van der Waals surface area contributed by atoms with Crippen LogP contribution in [0.1, 0.15) is 19.8 Å². The maximum atomic E-state index is 5.29. The van der Waals surface area contributed by atoms with Crippen LogP contribution in [-0.2, 0) is 0 Å². The Kier molecular flexibility index (Phi) is 7.24. The van der Waals surface area contributed by atoms with E-state index in [1.165, 1.54) is 12.2 Å². The summed E-state index contributed by atoms with van der Waals surface area (Å²) < 4.78 is 5.29. The fraction of sp³-hybridized carbons (Fsp3) is 0.727. The molecule has 0 bridgehead atoms. The van der Waals surface area contributed by atoms with Crippen LogP contribution >= 0.6 is 11.8 Å². The summed E-state index contributed by atoms with van der Waals surface area (Å²) in [5.41, 5.74) is 0. The normalized spacial score (nSPS) is 10.2. The van der Waals surface area contributed by atoms with E-state index in [4.69, 9.17) is 4.74 Å². The minimum absolute atomic E-state index is 0.350. The SMILES string of the molecule is CCOc1nc(NC)nc(NCCCCSC)n1. The number of nitrogens with one attached hydrogen (secondary N) is 2. The first kappa shape index (κ1) is 14.8. The van der Waals surface area contributed by atoms with Crippen LogP contribution in [-0.4, -0.2) is 47.2 Å². The third-order valence-corrected chi connectivity index (χ3v) is 2.87. The number of anilines is 2. The van der Waals surface area contributed by atoms with Crippen molar-refractivity contribution in [2.45, 2.75) is 19.8 Å². The highest BCUT2D eigenvalue weighted by Gasteiger charge is 2.05. The van der Waals surface area contributed by atoms with Crippen molar-refractivity contribution in [3.8, 4) is 6.01 Å². The Morgan fingerprint density at radius 1 is 1.17 bits per heavy atom. The van der Waals surface area contributed by atoms with E-state index in [1.54, 1.807) is 7.05 Å². The van der Waals surface area contributed by atoms with Crippen molar-refractivity contribution >= 4 is 23.7 Å². The zero-order chi connectivity index (χ0) is 13.2. The molecule has 0 saturated carbocycles. The molecule has 0 spiro atoms. The molecule has 1 aromatic heterocycles. The van der Waals surface area contributed by atoms with Gasteiger partial charge in [0.2, 0.25) is 11.9 Å². The van der Waals surface area contributed by atoms with Gasteiger partial charge < -0.3 is 15.4 Å². The molecule has 1 rings (SSSR count). The van der Waals surface area contributed by atoms with Crippen LogP contribution in [0.3, 0.4) is 0 Å². The highest BCUT2D eigenvalue weighted by atomic mass is 32.2. The van der Waals surface area contributed by atoms with E-state index < -0.39 is 0 Å². The Bertz CT molecular complexity index is 350. The van der Waals surface area contributed by atoms with Crippen molar-refractivity contribution < 1.29 is 4.74 Å². The Morgan fingerprint density at radius 3 is 2.61 bits per heavy atom. The third kappa shape index (κ3) is 5.39. The first-order valence-electron chi connectivity index (χ1n) is 6.09. The summed E-state index contributed by atoms with van der Waals surface area (Å²) >= 11 is 1.86. The lowest BCUT2D eigenvalue weighted by atomic mass is 10.3. The fourth-order valence-electron chi connectivity index (χ4n) is 1.31. The van der Waals surface area contributed by atoms with E-state index in [1.807, 2.05) is 18.7 Å². The van der Waals surface area contributed by atoms with Crippen molar-refractivity contribution in [1.82, 2.24) is 15.0 Å². The summed E-state index contributed by atoms with van der Waals surface area (Å²) in [7, 11) is 1.77. The second-order valence-corrected chi connectivity index (χ2v) is 4.56. The molecule has 1 heterocycles.